The Morgan fingerprint density at radius 3 is 2.32 bits per heavy atom. The van der Waals surface area contributed by atoms with Gasteiger partial charge in [0.2, 0.25) is 11.8 Å². The van der Waals surface area contributed by atoms with Gasteiger partial charge < -0.3 is 15.0 Å². The van der Waals surface area contributed by atoms with E-state index >= 15 is 0 Å². The summed E-state index contributed by atoms with van der Waals surface area (Å²) in [6, 6.07) is 14.7. The smallest absolute Gasteiger partial charge is 0.242 e. The fourth-order valence-corrected chi connectivity index (χ4v) is 3.15. The van der Waals surface area contributed by atoms with Crippen molar-refractivity contribution in [2.75, 3.05) is 6.61 Å². The number of nitrogens with one attached hydrogen (secondary N) is 1. The van der Waals surface area contributed by atoms with Gasteiger partial charge in [-0.05, 0) is 63.4 Å². The van der Waals surface area contributed by atoms with E-state index in [2.05, 4.69) is 5.32 Å². The summed E-state index contributed by atoms with van der Waals surface area (Å²) in [6.07, 6.45) is 1.71. The number of benzene rings is 2. The van der Waals surface area contributed by atoms with E-state index in [1.165, 1.54) is 5.56 Å². The second-order valence-corrected chi connectivity index (χ2v) is 8.34. The molecule has 0 saturated carbocycles. The zero-order valence-corrected chi connectivity index (χ0v) is 19.6. The van der Waals surface area contributed by atoms with E-state index < -0.39 is 6.04 Å². The Hall–Kier alpha value is -2.53. The van der Waals surface area contributed by atoms with Crippen molar-refractivity contribution in [2.45, 2.75) is 65.6 Å². The van der Waals surface area contributed by atoms with Crippen molar-refractivity contribution in [3.63, 3.8) is 0 Å². The predicted octanol–water partition coefficient (Wildman–Crippen LogP) is 5.14. The second-order valence-electron chi connectivity index (χ2n) is 7.91. The molecule has 0 fully saturated rings. The van der Waals surface area contributed by atoms with Crippen LogP contribution in [0.5, 0.6) is 5.75 Å². The van der Waals surface area contributed by atoms with Gasteiger partial charge in [-0.2, -0.15) is 0 Å². The molecule has 0 unspecified atom stereocenters. The zero-order valence-electron chi connectivity index (χ0n) is 18.9. The van der Waals surface area contributed by atoms with Crippen LogP contribution in [0.1, 0.15) is 51.2 Å². The average molecular weight is 445 g/mol. The molecule has 2 aromatic carbocycles. The van der Waals surface area contributed by atoms with E-state index in [9.17, 15) is 9.59 Å². The first-order chi connectivity index (χ1) is 14.8. The minimum Gasteiger partial charge on any atom is -0.494 e. The maximum Gasteiger partial charge on any atom is 0.242 e. The topological polar surface area (TPSA) is 58.6 Å². The molecule has 0 saturated heterocycles. The SMILES string of the molecule is CC[C@H](C)NC(=O)[C@H](C)N(Cc1ccc(Cl)cc1)C(=O)CCCOc1ccc(C)cc1. The molecule has 0 bridgehead atoms. The van der Waals surface area contributed by atoms with Crippen LogP contribution in [0.15, 0.2) is 48.5 Å². The Morgan fingerprint density at radius 2 is 1.71 bits per heavy atom. The lowest BCUT2D eigenvalue weighted by molar-refractivity contribution is -0.141. The van der Waals surface area contributed by atoms with E-state index in [1.807, 2.05) is 57.2 Å². The van der Waals surface area contributed by atoms with Crippen molar-refractivity contribution in [3.05, 3.63) is 64.7 Å². The zero-order chi connectivity index (χ0) is 22.8. The summed E-state index contributed by atoms with van der Waals surface area (Å²) in [7, 11) is 0. The third-order valence-corrected chi connectivity index (χ3v) is 5.51. The first-order valence-corrected chi connectivity index (χ1v) is 11.2. The van der Waals surface area contributed by atoms with Gasteiger partial charge in [0, 0.05) is 24.0 Å². The minimum atomic E-state index is -0.574. The molecule has 6 heteroatoms. The molecule has 0 aromatic heterocycles. The van der Waals surface area contributed by atoms with Crippen molar-refractivity contribution < 1.29 is 14.3 Å². The van der Waals surface area contributed by atoms with E-state index in [0.717, 1.165) is 17.7 Å². The van der Waals surface area contributed by atoms with Gasteiger partial charge in [-0.15, -0.1) is 0 Å². The Labute approximate surface area is 190 Å². The maximum absolute atomic E-state index is 13.0. The summed E-state index contributed by atoms with van der Waals surface area (Å²) < 4.78 is 5.73. The highest BCUT2D eigenvalue weighted by molar-refractivity contribution is 6.30. The lowest BCUT2D eigenvalue weighted by Gasteiger charge is -2.29. The van der Waals surface area contributed by atoms with E-state index in [-0.39, 0.29) is 17.9 Å². The van der Waals surface area contributed by atoms with Crippen LogP contribution < -0.4 is 10.1 Å². The Balaban J connectivity index is 1.99. The van der Waals surface area contributed by atoms with Crippen LogP contribution in [0.2, 0.25) is 5.02 Å². The van der Waals surface area contributed by atoms with Crippen LogP contribution in [-0.2, 0) is 16.1 Å². The monoisotopic (exact) mass is 444 g/mol. The summed E-state index contributed by atoms with van der Waals surface area (Å²) in [5.41, 5.74) is 2.10. The normalized spacial score (nSPS) is 12.7. The largest absolute Gasteiger partial charge is 0.494 e. The number of carbonyl (C=O) groups is 2. The lowest BCUT2D eigenvalue weighted by atomic mass is 10.1. The Morgan fingerprint density at radius 1 is 1.06 bits per heavy atom. The van der Waals surface area contributed by atoms with Crippen molar-refractivity contribution in [3.8, 4) is 5.75 Å². The number of amides is 2. The molecule has 0 radical (unpaired) electrons. The minimum absolute atomic E-state index is 0.0605. The molecule has 168 valence electrons. The molecule has 31 heavy (non-hydrogen) atoms. The van der Waals surface area contributed by atoms with Crippen LogP contribution in [0.3, 0.4) is 0 Å². The number of halogens is 1. The quantitative estimate of drug-likeness (QED) is 0.488. The van der Waals surface area contributed by atoms with E-state index in [0.29, 0.717) is 31.0 Å². The molecule has 0 aliphatic rings. The van der Waals surface area contributed by atoms with Gasteiger partial charge >= 0.3 is 0 Å². The van der Waals surface area contributed by atoms with Crippen LogP contribution in [0.25, 0.3) is 0 Å². The Bertz CT molecular complexity index is 837. The number of ether oxygens (including phenoxy) is 1. The second kappa shape index (κ2) is 12.4. The van der Waals surface area contributed by atoms with Gasteiger partial charge in [0.05, 0.1) is 6.61 Å². The molecule has 2 aromatic rings. The maximum atomic E-state index is 13.0. The van der Waals surface area contributed by atoms with Crippen LogP contribution in [0.4, 0.5) is 0 Å². The highest BCUT2D eigenvalue weighted by Gasteiger charge is 2.26. The van der Waals surface area contributed by atoms with Crippen LogP contribution >= 0.6 is 11.6 Å². The standard InChI is InChI=1S/C25H33ClN2O3/c1-5-19(3)27-25(30)20(4)28(17-21-10-12-22(26)13-11-21)24(29)7-6-16-31-23-14-8-18(2)9-15-23/h8-15,19-20H,5-7,16-17H2,1-4H3,(H,27,30)/t19-,20-/m0/s1. The Kier molecular flexibility index (Phi) is 9.86. The fraction of sp³-hybridized carbons (Fsp3) is 0.440. The molecule has 0 aliphatic carbocycles. The first kappa shape index (κ1) is 24.7. The van der Waals surface area contributed by atoms with Gasteiger partial charge in [-0.25, -0.2) is 0 Å². The number of aryl methyl sites for hydroxylation is 1. The van der Waals surface area contributed by atoms with E-state index in [4.69, 9.17) is 16.3 Å². The van der Waals surface area contributed by atoms with Gasteiger partial charge in [0.1, 0.15) is 11.8 Å². The molecule has 2 atom stereocenters. The van der Waals surface area contributed by atoms with Gasteiger partial charge in [-0.3, -0.25) is 9.59 Å². The molecular weight excluding hydrogens is 412 g/mol. The first-order valence-electron chi connectivity index (χ1n) is 10.8. The summed E-state index contributed by atoms with van der Waals surface area (Å²) >= 11 is 5.98. The van der Waals surface area contributed by atoms with Crippen molar-refractivity contribution in [2.24, 2.45) is 0 Å². The predicted molar refractivity (Wildman–Crippen MR) is 125 cm³/mol. The highest BCUT2D eigenvalue weighted by Crippen LogP contribution is 2.16. The van der Waals surface area contributed by atoms with Gasteiger partial charge in [0.15, 0.2) is 0 Å². The number of hydrogen-bond donors (Lipinski definition) is 1. The van der Waals surface area contributed by atoms with Gasteiger partial charge in [0.25, 0.3) is 0 Å². The molecule has 2 amide bonds. The van der Waals surface area contributed by atoms with Crippen LogP contribution in [0, 0.1) is 6.92 Å². The summed E-state index contributed by atoms with van der Waals surface area (Å²) in [4.78, 5) is 27.4. The third kappa shape index (κ3) is 8.25. The highest BCUT2D eigenvalue weighted by atomic mass is 35.5. The molecule has 0 heterocycles. The summed E-state index contributed by atoms with van der Waals surface area (Å²) in [5.74, 6) is 0.569. The molecule has 0 spiro atoms. The van der Waals surface area contributed by atoms with Crippen LogP contribution in [-0.4, -0.2) is 35.4 Å². The van der Waals surface area contributed by atoms with Crippen molar-refractivity contribution >= 4 is 23.4 Å². The molecule has 1 N–H and O–H groups in total. The summed E-state index contributed by atoms with van der Waals surface area (Å²) in [6.45, 7) is 8.56. The van der Waals surface area contributed by atoms with Crippen molar-refractivity contribution in [1.82, 2.24) is 10.2 Å². The summed E-state index contributed by atoms with van der Waals surface area (Å²) in [5, 5.41) is 3.61. The van der Waals surface area contributed by atoms with E-state index in [1.54, 1.807) is 24.0 Å². The molecule has 0 aliphatic heterocycles. The molecule has 5 nitrogen and oxygen atoms in total. The lowest BCUT2D eigenvalue weighted by Crippen LogP contribution is -2.49. The number of carbonyl (C=O) groups excluding carboxylic acids is 2. The third-order valence-electron chi connectivity index (χ3n) is 5.26. The molecule has 2 rings (SSSR count). The molecular formula is C25H33ClN2O3. The average Bonchev–Trinajstić information content (AvgIpc) is 2.76. The number of hydrogen-bond acceptors (Lipinski definition) is 3. The number of nitrogens with zero attached hydrogens (tertiary/aromatic N) is 1. The van der Waals surface area contributed by atoms with Gasteiger partial charge in [-0.1, -0.05) is 48.4 Å². The number of rotatable bonds is 11. The van der Waals surface area contributed by atoms with Crippen molar-refractivity contribution in [1.29, 1.82) is 0 Å². The fourth-order valence-electron chi connectivity index (χ4n) is 3.03.